The summed E-state index contributed by atoms with van der Waals surface area (Å²) >= 11 is 5.29. The third-order valence-corrected chi connectivity index (χ3v) is 3.25. The summed E-state index contributed by atoms with van der Waals surface area (Å²) in [7, 11) is 0. The SMILES string of the molecule is S=c1[nH]nc(NCc2ccccc2)n1-c1ccccc1. The molecule has 0 saturated heterocycles. The van der Waals surface area contributed by atoms with Crippen molar-refractivity contribution in [2.75, 3.05) is 5.32 Å². The lowest BCUT2D eigenvalue weighted by Gasteiger charge is -2.08. The first-order valence-electron chi connectivity index (χ1n) is 6.35. The van der Waals surface area contributed by atoms with Crippen molar-refractivity contribution in [3.8, 4) is 5.69 Å². The van der Waals surface area contributed by atoms with Gasteiger partial charge in [0.1, 0.15) is 0 Å². The Kier molecular flexibility index (Phi) is 3.60. The van der Waals surface area contributed by atoms with Gasteiger partial charge >= 0.3 is 0 Å². The molecule has 0 unspecified atom stereocenters. The molecular weight excluding hydrogens is 268 g/mol. The van der Waals surface area contributed by atoms with E-state index < -0.39 is 0 Å². The lowest BCUT2D eigenvalue weighted by Crippen LogP contribution is -2.06. The van der Waals surface area contributed by atoms with Crippen LogP contribution in [0.5, 0.6) is 0 Å². The van der Waals surface area contributed by atoms with Crippen molar-refractivity contribution >= 4 is 18.2 Å². The Labute approximate surface area is 122 Å². The highest BCUT2D eigenvalue weighted by atomic mass is 32.1. The van der Waals surface area contributed by atoms with E-state index in [4.69, 9.17) is 12.2 Å². The molecule has 0 radical (unpaired) electrons. The van der Waals surface area contributed by atoms with Gasteiger partial charge in [-0.05, 0) is 29.9 Å². The first-order valence-corrected chi connectivity index (χ1v) is 6.76. The monoisotopic (exact) mass is 282 g/mol. The number of nitrogens with zero attached hydrogens (tertiary/aromatic N) is 2. The van der Waals surface area contributed by atoms with Crippen LogP contribution in [0.2, 0.25) is 0 Å². The van der Waals surface area contributed by atoms with Crippen molar-refractivity contribution in [3.05, 3.63) is 71.0 Å². The normalized spacial score (nSPS) is 10.4. The second-order valence-corrected chi connectivity index (χ2v) is 4.75. The van der Waals surface area contributed by atoms with Crippen LogP contribution in [0.3, 0.4) is 0 Å². The molecule has 2 N–H and O–H groups in total. The number of H-pyrrole nitrogens is 1. The predicted molar refractivity (Wildman–Crippen MR) is 82.5 cm³/mol. The predicted octanol–water partition coefficient (Wildman–Crippen LogP) is 3.54. The van der Waals surface area contributed by atoms with E-state index >= 15 is 0 Å². The molecule has 0 aliphatic rings. The Morgan fingerprint density at radius 2 is 1.65 bits per heavy atom. The molecule has 0 saturated carbocycles. The molecule has 0 amide bonds. The van der Waals surface area contributed by atoms with Gasteiger partial charge in [-0.25, -0.2) is 5.10 Å². The van der Waals surface area contributed by atoms with Crippen LogP contribution in [0.25, 0.3) is 5.69 Å². The van der Waals surface area contributed by atoms with Gasteiger partial charge in [0.25, 0.3) is 0 Å². The summed E-state index contributed by atoms with van der Waals surface area (Å²) in [6, 6.07) is 20.1. The van der Waals surface area contributed by atoms with Gasteiger partial charge in [-0.15, -0.1) is 5.10 Å². The average Bonchev–Trinajstić information content (AvgIpc) is 2.88. The van der Waals surface area contributed by atoms with E-state index in [0.29, 0.717) is 17.3 Å². The highest BCUT2D eigenvalue weighted by molar-refractivity contribution is 7.71. The van der Waals surface area contributed by atoms with Crippen LogP contribution < -0.4 is 5.32 Å². The van der Waals surface area contributed by atoms with E-state index in [2.05, 4.69) is 27.6 Å². The average molecular weight is 282 g/mol. The van der Waals surface area contributed by atoms with Crippen LogP contribution in [0.4, 0.5) is 5.95 Å². The second-order valence-electron chi connectivity index (χ2n) is 4.36. The smallest absolute Gasteiger partial charge is 0.228 e. The fourth-order valence-electron chi connectivity index (χ4n) is 2.01. The first kappa shape index (κ1) is 12.6. The van der Waals surface area contributed by atoms with Crippen LogP contribution in [-0.4, -0.2) is 14.8 Å². The minimum absolute atomic E-state index is 0.576. The van der Waals surface area contributed by atoms with Crippen molar-refractivity contribution in [2.45, 2.75) is 6.54 Å². The van der Waals surface area contributed by atoms with Gasteiger partial charge in [-0.3, -0.25) is 4.57 Å². The second kappa shape index (κ2) is 5.71. The van der Waals surface area contributed by atoms with Crippen molar-refractivity contribution in [1.29, 1.82) is 0 Å². The van der Waals surface area contributed by atoms with Gasteiger partial charge in [0.2, 0.25) is 10.7 Å². The zero-order valence-electron chi connectivity index (χ0n) is 10.8. The summed E-state index contributed by atoms with van der Waals surface area (Å²) in [5, 5.41) is 10.4. The third kappa shape index (κ3) is 2.62. The Morgan fingerprint density at radius 3 is 2.35 bits per heavy atom. The van der Waals surface area contributed by atoms with Gasteiger partial charge < -0.3 is 5.32 Å². The Morgan fingerprint density at radius 1 is 1.00 bits per heavy atom. The zero-order chi connectivity index (χ0) is 13.8. The molecule has 2 aromatic carbocycles. The summed E-state index contributed by atoms with van der Waals surface area (Å²) < 4.78 is 2.46. The van der Waals surface area contributed by atoms with Crippen LogP contribution in [0, 0.1) is 4.77 Å². The molecule has 3 rings (SSSR count). The largest absolute Gasteiger partial charge is 0.350 e. The quantitative estimate of drug-likeness (QED) is 0.719. The maximum Gasteiger partial charge on any atom is 0.228 e. The summed E-state index contributed by atoms with van der Waals surface area (Å²) in [5.41, 5.74) is 2.18. The summed E-state index contributed by atoms with van der Waals surface area (Å²) in [4.78, 5) is 0. The molecule has 100 valence electrons. The maximum absolute atomic E-state index is 5.29. The number of nitrogens with one attached hydrogen (secondary N) is 2. The number of benzene rings is 2. The lowest BCUT2D eigenvalue weighted by molar-refractivity contribution is 0.996. The van der Waals surface area contributed by atoms with Crippen molar-refractivity contribution in [2.24, 2.45) is 0 Å². The molecule has 20 heavy (non-hydrogen) atoms. The minimum Gasteiger partial charge on any atom is -0.350 e. The molecule has 0 aliphatic heterocycles. The zero-order valence-corrected chi connectivity index (χ0v) is 11.6. The van der Waals surface area contributed by atoms with E-state index in [9.17, 15) is 0 Å². The molecule has 0 spiro atoms. The molecule has 0 bridgehead atoms. The molecule has 4 nitrogen and oxygen atoms in total. The summed E-state index contributed by atoms with van der Waals surface area (Å²) in [5.74, 6) is 0.713. The summed E-state index contributed by atoms with van der Waals surface area (Å²) in [6.45, 7) is 0.702. The topological polar surface area (TPSA) is 45.6 Å². The van der Waals surface area contributed by atoms with E-state index in [1.165, 1.54) is 5.56 Å². The van der Waals surface area contributed by atoms with Crippen molar-refractivity contribution < 1.29 is 0 Å². The first-order chi connectivity index (χ1) is 9.84. The number of aromatic nitrogens is 3. The van der Waals surface area contributed by atoms with E-state index in [1.807, 2.05) is 53.1 Å². The molecule has 0 fully saturated rings. The molecule has 5 heteroatoms. The van der Waals surface area contributed by atoms with Crippen molar-refractivity contribution in [1.82, 2.24) is 14.8 Å². The molecule has 0 aliphatic carbocycles. The third-order valence-electron chi connectivity index (χ3n) is 2.98. The number of aromatic amines is 1. The molecule has 1 heterocycles. The fourth-order valence-corrected chi connectivity index (χ4v) is 2.25. The highest BCUT2D eigenvalue weighted by Crippen LogP contribution is 2.14. The maximum atomic E-state index is 5.29. The standard InChI is InChI=1S/C15H14N4S/c20-15-18-17-14(16-11-12-7-3-1-4-8-12)19(15)13-9-5-2-6-10-13/h1-10H,11H2,(H,16,17)(H,18,20). The number of hydrogen-bond acceptors (Lipinski definition) is 3. The van der Waals surface area contributed by atoms with Gasteiger partial charge in [0, 0.05) is 6.54 Å². The Hall–Kier alpha value is -2.40. The van der Waals surface area contributed by atoms with Gasteiger partial charge in [-0.2, -0.15) is 0 Å². The van der Waals surface area contributed by atoms with Crippen LogP contribution >= 0.6 is 12.2 Å². The van der Waals surface area contributed by atoms with Gasteiger partial charge in [-0.1, -0.05) is 48.5 Å². The number of rotatable bonds is 4. The number of para-hydroxylation sites is 1. The fraction of sp³-hybridized carbons (Fsp3) is 0.0667. The van der Waals surface area contributed by atoms with E-state index in [-0.39, 0.29) is 0 Å². The van der Waals surface area contributed by atoms with E-state index in [0.717, 1.165) is 5.69 Å². The van der Waals surface area contributed by atoms with Crippen LogP contribution in [0.1, 0.15) is 5.56 Å². The molecular formula is C15H14N4S. The summed E-state index contributed by atoms with van der Waals surface area (Å²) in [6.07, 6.45) is 0. The van der Waals surface area contributed by atoms with Crippen molar-refractivity contribution in [3.63, 3.8) is 0 Å². The van der Waals surface area contributed by atoms with Crippen LogP contribution in [0.15, 0.2) is 60.7 Å². The van der Waals surface area contributed by atoms with Gasteiger partial charge in [0.15, 0.2) is 0 Å². The van der Waals surface area contributed by atoms with Gasteiger partial charge in [0.05, 0.1) is 5.69 Å². The lowest BCUT2D eigenvalue weighted by atomic mass is 10.2. The molecule has 1 aromatic heterocycles. The number of anilines is 1. The van der Waals surface area contributed by atoms with Crippen LogP contribution in [-0.2, 0) is 6.54 Å². The Bertz CT molecular complexity index is 731. The Balaban J connectivity index is 1.87. The number of hydrogen-bond donors (Lipinski definition) is 2. The molecule has 0 atom stereocenters. The highest BCUT2D eigenvalue weighted by Gasteiger charge is 2.07. The van der Waals surface area contributed by atoms with E-state index in [1.54, 1.807) is 0 Å². The molecule has 3 aromatic rings. The minimum atomic E-state index is 0.576.